The largest absolute Gasteiger partial charge is 0.493 e. The van der Waals surface area contributed by atoms with Gasteiger partial charge in [0.05, 0.1) is 33.5 Å². The molecule has 0 spiro atoms. The van der Waals surface area contributed by atoms with Crippen LogP contribution >= 0.6 is 0 Å². The molecular weight excluding hydrogens is 366 g/mol. The Kier molecular flexibility index (Phi) is 8.34. The lowest BCUT2D eigenvalue weighted by Crippen LogP contribution is -2.47. The maximum absolute atomic E-state index is 12.6. The molecule has 1 aliphatic rings. The standard InChI is InChI=1S/C19H29N3O6/c1-25-9-7-21(8-10-26-2)19(24)20-14-11-18(23)22(13-14)15-5-6-16(27-3)17(12-15)28-4/h5-6,12,14H,7-11,13H2,1-4H3,(H,20,24)/t14-/m1/s1. The molecule has 1 aromatic rings. The van der Waals surface area contributed by atoms with Crippen molar-refractivity contribution in [1.29, 1.82) is 0 Å². The minimum atomic E-state index is -0.277. The minimum absolute atomic E-state index is 0.0575. The van der Waals surface area contributed by atoms with Crippen molar-refractivity contribution in [2.45, 2.75) is 12.5 Å². The molecule has 1 aliphatic heterocycles. The van der Waals surface area contributed by atoms with Crippen molar-refractivity contribution in [3.05, 3.63) is 18.2 Å². The van der Waals surface area contributed by atoms with Crippen LogP contribution in [0.3, 0.4) is 0 Å². The Labute approximate surface area is 165 Å². The van der Waals surface area contributed by atoms with Crippen LogP contribution in [0.1, 0.15) is 6.42 Å². The van der Waals surface area contributed by atoms with Crippen LogP contribution in [0.4, 0.5) is 10.5 Å². The summed E-state index contributed by atoms with van der Waals surface area (Å²) in [7, 11) is 6.28. The molecule has 0 aromatic heterocycles. The maximum Gasteiger partial charge on any atom is 0.317 e. The van der Waals surface area contributed by atoms with Gasteiger partial charge in [0, 0.05) is 52.0 Å². The second-order valence-electron chi connectivity index (χ2n) is 6.37. The molecular formula is C19H29N3O6. The monoisotopic (exact) mass is 395 g/mol. The lowest BCUT2D eigenvalue weighted by Gasteiger charge is -2.24. The summed E-state index contributed by atoms with van der Waals surface area (Å²) < 4.78 is 20.7. The minimum Gasteiger partial charge on any atom is -0.493 e. The van der Waals surface area contributed by atoms with E-state index in [1.807, 2.05) is 0 Å². The molecule has 0 bridgehead atoms. The number of hydrogen-bond acceptors (Lipinski definition) is 6. The highest BCUT2D eigenvalue weighted by Crippen LogP contribution is 2.33. The Morgan fingerprint density at radius 1 is 1.11 bits per heavy atom. The molecule has 0 unspecified atom stereocenters. The summed E-state index contributed by atoms with van der Waals surface area (Å²) in [4.78, 5) is 28.3. The van der Waals surface area contributed by atoms with Crippen molar-refractivity contribution in [2.24, 2.45) is 0 Å². The third kappa shape index (κ3) is 5.49. The zero-order valence-electron chi connectivity index (χ0n) is 16.9. The van der Waals surface area contributed by atoms with E-state index in [1.165, 1.54) is 0 Å². The average Bonchev–Trinajstić information content (AvgIpc) is 3.07. The van der Waals surface area contributed by atoms with Gasteiger partial charge in [-0.3, -0.25) is 4.79 Å². The van der Waals surface area contributed by atoms with Gasteiger partial charge in [0.15, 0.2) is 11.5 Å². The summed E-state index contributed by atoms with van der Waals surface area (Å²) in [6, 6.07) is 4.80. The van der Waals surface area contributed by atoms with Gasteiger partial charge in [-0.15, -0.1) is 0 Å². The topological polar surface area (TPSA) is 89.6 Å². The lowest BCUT2D eigenvalue weighted by atomic mass is 10.2. The number of nitrogens with one attached hydrogen (secondary N) is 1. The number of methoxy groups -OCH3 is 4. The van der Waals surface area contributed by atoms with Crippen LogP contribution < -0.4 is 19.7 Å². The molecule has 0 saturated carbocycles. The van der Waals surface area contributed by atoms with Crippen molar-refractivity contribution in [3.63, 3.8) is 0 Å². The van der Waals surface area contributed by atoms with E-state index in [-0.39, 0.29) is 24.4 Å². The Morgan fingerprint density at radius 3 is 2.32 bits per heavy atom. The van der Waals surface area contributed by atoms with Crippen LogP contribution in [0, 0.1) is 0 Å². The summed E-state index contributed by atoms with van der Waals surface area (Å²) in [6.45, 7) is 2.15. The van der Waals surface area contributed by atoms with Gasteiger partial charge in [0.1, 0.15) is 0 Å². The van der Waals surface area contributed by atoms with E-state index in [4.69, 9.17) is 18.9 Å². The first kappa shape index (κ1) is 21.8. The summed E-state index contributed by atoms with van der Waals surface area (Å²) in [5.74, 6) is 1.08. The van der Waals surface area contributed by atoms with Crippen LogP contribution in [0.15, 0.2) is 18.2 Å². The molecule has 28 heavy (non-hydrogen) atoms. The number of carbonyl (C=O) groups is 2. The molecule has 9 nitrogen and oxygen atoms in total. The molecule has 1 aromatic carbocycles. The Balaban J connectivity index is 2.02. The molecule has 0 aliphatic carbocycles. The molecule has 0 radical (unpaired) electrons. The molecule has 1 atom stereocenters. The number of nitrogens with zero attached hydrogens (tertiary/aromatic N) is 2. The highest BCUT2D eigenvalue weighted by atomic mass is 16.5. The van der Waals surface area contributed by atoms with Gasteiger partial charge in [0.25, 0.3) is 0 Å². The predicted octanol–water partition coefficient (Wildman–Crippen LogP) is 1.11. The van der Waals surface area contributed by atoms with Crippen molar-refractivity contribution in [3.8, 4) is 11.5 Å². The molecule has 1 fully saturated rings. The number of rotatable bonds is 10. The zero-order chi connectivity index (χ0) is 20.5. The van der Waals surface area contributed by atoms with Gasteiger partial charge < -0.3 is 34.1 Å². The van der Waals surface area contributed by atoms with Crippen molar-refractivity contribution in [2.75, 3.05) is 66.2 Å². The van der Waals surface area contributed by atoms with Crippen molar-refractivity contribution >= 4 is 17.6 Å². The molecule has 1 heterocycles. The maximum atomic E-state index is 12.6. The molecule has 9 heteroatoms. The van der Waals surface area contributed by atoms with E-state index in [0.29, 0.717) is 50.0 Å². The molecule has 3 amide bonds. The van der Waals surface area contributed by atoms with Crippen LogP contribution in [-0.2, 0) is 14.3 Å². The average molecular weight is 395 g/mol. The first-order chi connectivity index (χ1) is 13.5. The summed E-state index contributed by atoms with van der Waals surface area (Å²) in [5, 5.41) is 2.94. The molecule has 1 saturated heterocycles. The Hall–Kier alpha value is -2.52. The van der Waals surface area contributed by atoms with E-state index in [9.17, 15) is 9.59 Å². The summed E-state index contributed by atoms with van der Waals surface area (Å²) in [5.41, 5.74) is 0.704. The SMILES string of the molecule is COCCN(CCOC)C(=O)N[C@@H]1CC(=O)N(c2ccc(OC)c(OC)c2)C1. The van der Waals surface area contributed by atoms with Crippen LogP contribution in [0.25, 0.3) is 0 Å². The normalized spacial score (nSPS) is 16.2. The molecule has 2 rings (SSSR count). The van der Waals surface area contributed by atoms with Gasteiger partial charge in [-0.05, 0) is 12.1 Å². The second-order valence-corrected chi connectivity index (χ2v) is 6.37. The van der Waals surface area contributed by atoms with E-state index in [1.54, 1.807) is 56.4 Å². The van der Waals surface area contributed by atoms with Gasteiger partial charge in [-0.25, -0.2) is 4.79 Å². The third-order valence-electron chi connectivity index (χ3n) is 4.55. The fourth-order valence-electron chi connectivity index (χ4n) is 3.03. The van der Waals surface area contributed by atoms with E-state index < -0.39 is 0 Å². The number of hydrogen-bond donors (Lipinski definition) is 1. The number of amides is 3. The number of benzene rings is 1. The smallest absolute Gasteiger partial charge is 0.317 e. The van der Waals surface area contributed by atoms with Crippen molar-refractivity contribution in [1.82, 2.24) is 10.2 Å². The van der Waals surface area contributed by atoms with E-state index in [2.05, 4.69) is 5.32 Å². The fraction of sp³-hybridized carbons (Fsp3) is 0.579. The van der Waals surface area contributed by atoms with Gasteiger partial charge >= 0.3 is 6.03 Å². The second kappa shape index (κ2) is 10.7. The zero-order valence-corrected chi connectivity index (χ0v) is 16.9. The fourth-order valence-corrected chi connectivity index (χ4v) is 3.03. The first-order valence-corrected chi connectivity index (χ1v) is 9.09. The predicted molar refractivity (Wildman–Crippen MR) is 104 cm³/mol. The first-order valence-electron chi connectivity index (χ1n) is 9.09. The summed E-state index contributed by atoms with van der Waals surface area (Å²) >= 11 is 0. The van der Waals surface area contributed by atoms with Crippen LogP contribution in [-0.4, -0.2) is 84.2 Å². The number of carbonyl (C=O) groups excluding carboxylic acids is 2. The quantitative estimate of drug-likeness (QED) is 0.638. The van der Waals surface area contributed by atoms with E-state index >= 15 is 0 Å². The highest BCUT2D eigenvalue weighted by Gasteiger charge is 2.33. The number of anilines is 1. The van der Waals surface area contributed by atoms with Gasteiger partial charge in [-0.2, -0.15) is 0 Å². The van der Waals surface area contributed by atoms with Gasteiger partial charge in [0.2, 0.25) is 5.91 Å². The molecule has 1 N–H and O–H groups in total. The Morgan fingerprint density at radius 2 is 1.75 bits per heavy atom. The third-order valence-corrected chi connectivity index (χ3v) is 4.55. The van der Waals surface area contributed by atoms with Crippen LogP contribution in [0.5, 0.6) is 11.5 Å². The Bertz CT molecular complexity index is 661. The van der Waals surface area contributed by atoms with Crippen LogP contribution in [0.2, 0.25) is 0 Å². The summed E-state index contributed by atoms with van der Waals surface area (Å²) in [6.07, 6.45) is 0.239. The van der Waals surface area contributed by atoms with Gasteiger partial charge in [-0.1, -0.05) is 0 Å². The highest BCUT2D eigenvalue weighted by molar-refractivity contribution is 5.97. The van der Waals surface area contributed by atoms with E-state index in [0.717, 1.165) is 0 Å². The number of urea groups is 1. The number of ether oxygens (including phenoxy) is 4. The lowest BCUT2D eigenvalue weighted by molar-refractivity contribution is -0.117. The molecule has 156 valence electrons. The van der Waals surface area contributed by atoms with Crippen molar-refractivity contribution < 1.29 is 28.5 Å².